The summed E-state index contributed by atoms with van der Waals surface area (Å²) in [6.45, 7) is 7.88. The normalized spacial score (nSPS) is 10.5. The van der Waals surface area contributed by atoms with Crippen LogP contribution in [-0.2, 0) is 0 Å². The van der Waals surface area contributed by atoms with E-state index in [1.165, 1.54) is 10.8 Å². The molecule has 0 fully saturated rings. The molecule has 0 spiro atoms. The number of rotatable bonds is 2. The minimum atomic E-state index is 0.848. The Morgan fingerprint density at radius 2 is 1.84 bits per heavy atom. The molecule has 0 radical (unpaired) electrons. The third-order valence-electron chi connectivity index (χ3n) is 3.36. The van der Waals surface area contributed by atoms with Crippen LogP contribution in [0.25, 0.3) is 27.5 Å². The van der Waals surface area contributed by atoms with Crippen molar-refractivity contribution in [3.63, 3.8) is 0 Å². The molecule has 3 rings (SSSR count). The topological polar surface area (TPSA) is 4.93 Å². The molecule has 0 aliphatic heterocycles. The highest BCUT2D eigenvalue weighted by atomic mass is 15.0. The molecule has 19 heavy (non-hydrogen) atoms. The molecule has 0 aliphatic rings. The summed E-state index contributed by atoms with van der Waals surface area (Å²) in [5.74, 6) is 2.68. The molecule has 0 aliphatic carbocycles. The Balaban J connectivity index is 2.56. The summed E-state index contributed by atoms with van der Waals surface area (Å²) < 4.78 is 2.10. The van der Waals surface area contributed by atoms with E-state index in [9.17, 15) is 0 Å². The van der Waals surface area contributed by atoms with Crippen molar-refractivity contribution in [1.82, 2.24) is 4.57 Å². The first-order valence-electron chi connectivity index (χ1n) is 6.08. The van der Waals surface area contributed by atoms with Gasteiger partial charge in [0.2, 0.25) is 0 Å². The summed E-state index contributed by atoms with van der Waals surface area (Å²) in [5.41, 5.74) is 3.91. The van der Waals surface area contributed by atoms with E-state index in [0.29, 0.717) is 0 Å². The Kier molecular flexibility index (Phi) is 2.51. The fourth-order valence-electron chi connectivity index (χ4n) is 2.46. The highest BCUT2D eigenvalue weighted by Gasteiger charge is 2.11. The van der Waals surface area contributed by atoms with Gasteiger partial charge in [0.05, 0.1) is 11.0 Å². The molecule has 0 saturated carbocycles. The fraction of sp³-hybridized carbons (Fsp3) is 0. The Hall–Kier alpha value is -2.72. The highest BCUT2D eigenvalue weighted by Crippen LogP contribution is 2.31. The molecule has 90 valence electrons. The van der Waals surface area contributed by atoms with Gasteiger partial charge in [0.15, 0.2) is 0 Å². The zero-order chi connectivity index (χ0) is 13.4. The van der Waals surface area contributed by atoms with E-state index in [-0.39, 0.29) is 0 Å². The standard InChI is InChI=1S/C18H13N/c1-4-13(3)19-17-9-7-6-8-15(17)16-11-10-14(5-2)12-18(16)19/h2,4,6-12H,1,3H2. The van der Waals surface area contributed by atoms with Gasteiger partial charge in [-0.2, -0.15) is 0 Å². The molecule has 1 heteroatoms. The van der Waals surface area contributed by atoms with E-state index in [4.69, 9.17) is 6.42 Å². The number of fused-ring (bicyclic) bond motifs is 3. The van der Waals surface area contributed by atoms with Crippen LogP contribution >= 0.6 is 0 Å². The van der Waals surface area contributed by atoms with Crippen molar-refractivity contribution in [3.8, 4) is 12.3 Å². The first-order valence-corrected chi connectivity index (χ1v) is 6.08. The monoisotopic (exact) mass is 243 g/mol. The average molecular weight is 243 g/mol. The summed E-state index contributed by atoms with van der Waals surface area (Å²) in [7, 11) is 0. The molecular weight excluding hydrogens is 230 g/mol. The summed E-state index contributed by atoms with van der Waals surface area (Å²) in [4.78, 5) is 0. The Morgan fingerprint density at radius 1 is 1.11 bits per heavy atom. The van der Waals surface area contributed by atoms with Crippen LogP contribution in [0.4, 0.5) is 0 Å². The summed E-state index contributed by atoms with van der Waals surface area (Å²) in [5, 5.41) is 2.38. The number of aromatic nitrogens is 1. The van der Waals surface area contributed by atoms with Gasteiger partial charge in [0, 0.05) is 22.0 Å². The van der Waals surface area contributed by atoms with Crippen LogP contribution in [0, 0.1) is 12.3 Å². The van der Waals surface area contributed by atoms with Gasteiger partial charge in [-0.15, -0.1) is 6.42 Å². The molecule has 1 aromatic heterocycles. The molecular formula is C18H13N. The first-order chi connectivity index (χ1) is 9.26. The van der Waals surface area contributed by atoms with Crippen molar-refractivity contribution in [2.75, 3.05) is 0 Å². The SMILES string of the molecule is C#Cc1ccc2c3ccccc3n(C(=C)C=C)c2c1. The average Bonchev–Trinajstić information content (AvgIpc) is 2.80. The van der Waals surface area contributed by atoms with E-state index in [1.54, 1.807) is 6.08 Å². The van der Waals surface area contributed by atoms with Crippen molar-refractivity contribution in [3.05, 3.63) is 67.3 Å². The molecule has 0 unspecified atom stereocenters. The zero-order valence-electron chi connectivity index (χ0n) is 10.6. The summed E-state index contributed by atoms with van der Waals surface area (Å²) in [6, 6.07) is 14.3. The second-order valence-electron chi connectivity index (χ2n) is 4.42. The number of allylic oxidation sites excluding steroid dienone is 2. The minimum absolute atomic E-state index is 0.848. The third kappa shape index (κ3) is 1.58. The van der Waals surface area contributed by atoms with Gasteiger partial charge >= 0.3 is 0 Å². The zero-order valence-corrected chi connectivity index (χ0v) is 10.6. The van der Waals surface area contributed by atoms with Crippen molar-refractivity contribution in [2.24, 2.45) is 0 Å². The molecule has 3 aromatic rings. The fourth-order valence-corrected chi connectivity index (χ4v) is 2.46. The van der Waals surface area contributed by atoms with Gasteiger partial charge in [-0.1, -0.05) is 43.3 Å². The smallest absolute Gasteiger partial charge is 0.0553 e. The maximum atomic E-state index is 5.49. The van der Waals surface area contributed by atoms with Crippen molar-refractivity contribution in [2.45, 2.75) is 0 Å². The Bertz CT molecular complexity index is 856. The molecule has 0 bridgehead atoms. The number of para-hydroxylation sites is 1. The maximum Gasteiger partial charge on any atom is 0.0553 e. The number of benzene rings is 2. The first kappa shape index (κ1) is 11.4. The Labute approximate surface area is 112 Å². The summed E-state index contributed by atoms with van der Waals surface area (Å²) in [6.07, 6.45) is 7.25. The van der Waals surface area contributed by atoms with E-state index in [1.807, 2.05) is 24.3 Å². The van der Waals surface area contributed by atoms with Crippen molar-refractivity contribution >= 4 is 27.5 Å². The lowest BCUT2D eigenvalue weighted by molar-refractivity contribution is 1.25. The molecule has 0 atom stereocenters. The second kappa shape index (κ2) is 4.19. The van der Waals surface area contributed by atoms with E-state index >= 15 is 0 Å². The second-order valence-corrected chi connectivity index (χ2v) is 4.42. The van der Waals surface area contributed by atoms with Gasteiger partial charge in [-0.25, -0.2) is 0 Å². The maximum absolute atomic E-state index is 5.49. The van der Waals surface area contributed by atoms with Gasteiger partial charge in [0.25, 0.3) is 0 Å². The van der Waals surface area contributed by atoms with Crippen LogP contribution in [0.15, 0.2) is 61.7 Å². The van der Waals surface area contributed by atoms with Crippen molar-refractivity contribution < 1.29 is 0 Å². The Morgan fingerprint density at radius 3 is 2.58 bits per heavy atom. The number of hydrogen-bond acceptors (Lipinski definition) is 0. The van der Waals surface area contributed by atoms with Crippen LogP contribution in [0.1, 0.15) is 5.56 Å². The van der Waals surface area contributed by atoms with Crippen LogP contribution in [0.5, 0.6) is 0 Å². The molecule has 0 saturated heterocycles. The van der Waals surface area contributed by atoms with Gasteiger partial charge in [0.1, 0.15) is 0 Å². The highest BCUT2D eigenvalue weighted by molar-refractivity contribution is 6.10. The van der Waals surface area contributed by atoms with E-state index in [0.717, 1.165) is 22.3 Å². The van der Waals surface area contributed by atoms with Gasteiger partial charge < -0.3 is 4.57 Å². The van der Waals surface area contributed by atoms with Crippen LogP contribution in [0.3, 0.4) is 0 Å². The molecule has 0 N–H and O–H groups in total. The van der Waals surface area contributed by atoms with Crippen molar-refractivity contribution in [1.29, 1.82) is 0 Å². The molecule has 1 heterocycles. The predicted octanol–water partition coefficient (Wildman–Crippen LogP) is 4.43. The van der Waals surface area contributed by atoms with E-state index in [2.05, 4.69) is 41.8 Å². The number of terminal acetylenes is 1. The quantitative estimate of drug-likeness (QED) is 0.463. The molecule has 0 amide bonds. The number of hydrogen-bond donors (Lipinski definition) is 0. The van der Waals surface area contributed by atoms with Gasteiger partial charge in [-0.05, 0) is 24.3 Å². The van der Waals surface area contributed by atoms with Crippen LogP contribution in [0.2, 0.25) is 0 Å². The number of nitrogens with zero attached hydrogens (tertiary/aromatic N) is 1. The third-order valence-corrected chi connectivity index (χ3v) is 3.36. The summed E-state index contributed by atoms with van der Waals surface area (Å²) >= 11 is 0. The predicted molar refractivity (Wildman–Crippen MR) is 82.9 cm³/mol. The van der Waals surface area contributed by atoms with Crippen LogP contribution in [-0.4, -0.2) is 4.57 Å². The molecule has 1 nitrogen and oxygen atoms in total. The van der Waals surface area contributed by atoms with E-state index < -0.39 is 0 Å². The largest absolute Gasteiger partial charge is 0.310 e. The van der Waals surface area contributed by atoms with Gasteiger partial charge in [-0.3, -0.25) is 0 Å². The lowest BCUT2D eigenvalue weighted by Gasteiger charge is -2.06. The van der Waals surface area contributed by atoms with Crippen LogP contribution < -0.4 is 0 Å². The lowest BCUT2D eigenvalue weighted by atomic mass is 10.1. The lowest BCUT2D eigenvalue weighted by Crippen LogP contribution is -1.92. The molecule has 2 aromatic carbocycles. The minimum Gasteiger partial charge on any atom is -0.310 e.